The Kier molecular flexibility index (Phi) is 4.89. The molecular formula is C26H28FN3O3. The van der Waals surface area contributed by atoms with Crippen molar-refractivity contribution in [1.29, 1.82) is 5.26 Å². The number of nitriles is 1. The van der Waals surface area contributed by atoms with Gasteiger partial charge in [-0.2, -0.15) is 5.26 Å². The normalized spacial score (nSPS) is 20.0. The molecule has 6 nitrogen and oxygen atoms in total. The quantitative estimate of drug-likeness (QED) is 0.595. The van der Waals surface area contributed by atoms with E-state index in [9.17, 15) is 9.18 Å². The predicted molar refractivity (Wildman–Crippen MR) is 120 cm³/mol. The summed E-state index contributed by atoms with van der Waals surface area (Å²) >= 11 is 0. The molecule has 0 bridgehead atoms. The fraction of sp³-hybridized carbons (Fsp3) is 0.500. The van der Waals surface area contributed by atoms with Crippen LogP contribution >= 0.6 is 0 Å². The van der Waals surface area contributed by atoms with E-state index in [1.807, 2.05) is 37.8 Å². The first kappa shape index (κ1) is 21.7. The van der Waals surface area contributed by atoms with Crippen LogP contribution in [0.25, 0.3) is 11.3 Å². The van der Waals surface area contributed by atoms with Crippen molar-refractivity contribution in [3.63, 3.8) is 0 Å². The number of halogens is 1. The van der Waals surface area contributed by atoms with Crippen LogP contribution in [-0.2, 0) is 11.2 Å². The SMILES string of the molecule is CC(C)(C)OC(=O)N1CCC2(CC1)CC1(Cc3cc(-c4ccc(C#N)cc4F)ncc3O1)C2. The number of fused-ring (bicyclic) bond motifs is 1. The average Bonchev–Trinajstić information content (AvgIpc) is 3.10. The number of benzene rings is 1. The number of carbonyl (C=O) groups excluding carboxylic acids is 1. The molecule has 1 aromatic carbocycles. The van der Waals surface area contributed by atoms with Crippen LogP contribution in [0.4, 0.5) is 9.18 Å². The zero-order valence-electron chi connectivity index (χ0n) is 19.3. The molecule has 2 aliphatic heterocycles. The fourth-order valence-electron chi connectivity index (χ4n) is 5.63. The lowest BCUT2D eigenvalue weighted by Gasteiger charge is -2.56. The number of amides is 1. The van der Waals surface area contributed by atoms with Crippen LogP contribution < -0.4 is 4.74 Å². The molecule has 0 radical (unpaired) electrons. The van der Waals surface area contributed by atoms with Crippen molar-refractivity contribution >= 4 is 6.09 Å². The minimum atomic E-state index is -0.482. The van der Waals surface area contributed by atoms with Crippen LogP contribution in [0.3, 0.4) is 0 Å². The molecule has 33 heavy (non-hydrogen) atoms. The van der Waals surface area contributed by atoms with Gasteiger partial charge in [-0.15, -0.1) is 0 Å². The third-order valence-corrected chi connectivity index (χ3v) is 7.03. The Morgan fingerprint density at radius 1 is 1.24 bits per heavy atom. The van der Waals surface area contributed by atoms with Crippen LogP contribution in [0, 0.1) is 22.6 Å². The molecule has 2 spiro atoms. The van der Waals surface area contributed by atoms with Crippen molar-refractivity contribution in [3.05, 3.63) is 47.4 Å². The summed E-state index contributed by atoms with van der Waals surface area (Å²) in [6.07, 6.45) is 6.06. The number of hydrogen-bond acceptors (Lipinski definition) is 5. The minimum Gasteiger partial charge on any atom is -0.485 e. The second-order valence-electron chi connectivity index (χ2n) is 10.8. The van der Waals surface area contributed by atoms with E-state index in [1.54, 1.807) is 18.3 Å². The summed E-state index contributed by atoms with van der Waals surface area (Å²) < 4.78 is 26.3. The maximum atomic E-state index is 14.5. The smallest absolute Gasteiger partial charge is 0.410 e. The van der Waals surface area contributed by atoms with Gasteiger partial charge in [0, 0.05) is 30.6 Å². The molecule has 0 N–H and O–H groups in total. The van der Waals surface area contributed by atoms with Gasteiger partial charge in [-0.1, -0.05) is 0 Å². The predicted octanol–water partition coefficient (Wildman–Crippen LogP) is 5.24. The third-order valence-electron chi connectivity index (χ3n) is 7.03. The lowest BCUT2D eigenvalue weighted by Crippen LogP contribution is -2.59. The van der Waals surface area contributed by atoms with E-state index >= 15 is 0 Å². The summed E-state index contributed by atoms with van der Waals surface area (Å²) in [7, 11) is 0. The number of nitrogens with zero attached hydrogens (tertiary/aromatic N) is 3. The molecule has 0 atom stereocenters. The van der Waals surface area contributed by atoms with Gasteiger partial charge >= 0.3 is 6.09 Å². The second kappa shape index (κ2) is 7.44. The van der Waals surface area contributed by atoms with Crippen molar-refractivity contribution in [3.8, 4) is 23.1 Å². The average molecular weight is 450 g/mol. The minimum absolute atomic E-state index is 0.204. The lowest BCUT2D eigenvalue weighted by atomic mass is 9.54. The highest BCUT2D eigenvalue weighted by atomic mass is 19.1. The van der Waals surface area contributed by atoms with Gasteiger partial charge in [-0.05, 0) is 76.1 Å². The molecule has 2 fully saturated rings. The number of piperidine rings is 1. The number of hydrogen-bond donors (Lipinski definition) is 0. The van der Waals surface area contributed by atoms with Gasteiger partial charge in [0.15, 0.2) is 0 Å². The van der Waals surface area contributed by atoms with Gasteiger partial charge < -0.3 is 14.4 Å². The molecular weight excluding hydrogens is 421 g/mol. The van der Waals surface area contributed by atoms with Crippen molar-refractivity contribution in [1.82, 2.24) is 9.88 Å². The van der Waals surface area contributed by atoms with E-state index < -0.39 is 11.4 Å². The Bertz CT molecular complexity index is 1150. The number of likely N-dealkylation sites (tertiary alicyclic amines) is 1. The van der Waals surface area contributed by atoms with E-state index in [4.69, 9.17) is 14.7 Å². The molecule has 1 saturated heterocycles. The van der Waals surface area contributed by atoms with E-state index in [0.29, 0.717) is 24.3 Å². The van der Waals surface area contributed by atoms with E-state index in [2.05, 4.69) is 4.98 Å². The molecule has 3 heterocycles. The fourth-order valence-corrected chi connectivity index (χ4v) is 5.63. The van der Waals surface area contributed by atoms with Crippen LogP contribution in [0.2, 0.25) is 0 Å². The maximum absolute atomic E-state index is 14.5. The van der Waals surface area contributed by atoms with Gasteiger partial charge in [-0.3, -0.25) is 4.98 Å². The van der Waals surface area contributed by atoms with E-state index in [0.717, 1.165) is 43.4 Å². The molecule has 7 heteroatoms. The van der Waals surface area contributed by atoms with Crippen molar-refractivity contribution in [2.45, 2.75) is 64.1 Å². The number of carbonyl (C=O) groups is 1. The van der Waals surface area contributed by atoms with Gasteiger partial charge in [0.05, 0.1) is 23.5 Å². The molecule has 172 valence electrons. The zero-order valence-corrected chi connectivity index (χ0v) is 19.3. The largest absolute Gasteiger partial charge is 0.485 e. The topological polar surface area (TPSA) is 75.5 Å². The molecule has 1 aromatic heterocycles. The highest BCUT2D eigenvalue weighted by molar-refractivity contribution is 5.68. The van der Waals surface area contributed by atoms with Gasteiger partial charge in [0.2, 0.25) is 0 Å². The van der Waals surface area contributed by atoms with Crippen LogP contribution in [0.15, 0.2) is 30.5 Å². The van der Waals surface area contributed by atoms with Gasteiger partial charge in [0.25, 0.3) is 0 Å². The Hall–Kier alpha value is -3.14. The first-order chi connectivity index (χ1) is 15.6. The van der Waals surface area contributed by atoms with Crippen LogP contribution in [-0.4, -0.2) is 40.3 Å². The summed E-state index contributed by atoms with van der Waals surface area (Å²) in [5.41, 5.74) is 1.77. The Labute approximate surface area is 193 Å². The van der Waals surface area contributed by atoms with Crippen molar-refractivity contribution in [2.75, 3.05) is 13.1 Å². The molecule has 3 aliphatic rings. The van der Waals surface area contributed by atoms with Crippen LogP contribution in [0.1, 0.15) is 57.6 Å². The highest BCUT2D eigenvalue weighted by Gasteiger charge is 2.59. The number of ether oxygens (including phenoxy) is 2. The standard InChI is InChI=1S/C26H28FN3O3/c1-24(2,3)33-23(31)30-8-6-25(7-9-30)15-26(16-25)12-18-11-21(29-14-22(18)32-26)19-5-4-17(13-28)10-20(19)27/h4-5,10-11,14H,6-9,12,15-16H2,1-3H3. The van der Waals surface area contributed by atoms with Gasteiger partial charge in [-0.25, -0.2) is 9.18 Å². The first-order valence-electron chi connectivity index (χ1n) is 11.5. The number of aromatic nitrogens is 1. The molecule has 5 rings (SSSR count). The Balaban J connectivity index is 1.23. The lowest BCUT2D eigenvalue weighted by molar-refractivity contribution is -0.120. The van der Waals surface area contributed by atoms with Crippen LogP contribution in [0.5, 0.6) is 5.75 Å². The molecule has 1 aliphatic carbocycles. The van der Waals surface area contributed by atoms with Crippen molar-refractivity contribution < 1.29 is 18.7 Å². The zero-order chi connectivity index (χ0) is 23.4. The monoisotopic (exact) mass is 449 g/mol. The first-order valence-corrected chi connectivity index (χ1v) is 11.5. The molecule has 1 amide bonds. The Morgan fingerprint density at radius 3 is 2.61 bits per heavy atom. The molecule has 2 aromatic rings. The number of rotatable bonds is 1. The summed E-state index contributed by atoms with van der Waals surface area (Å²) in [5, 5.41) is 8.96. The maximum Gasteiger partial charge on any atom is 0.410 e. The van der Waals surface area contributed by atoms with Crippen molar-refractivity contribution in [2.24, 2.45) is 5.41 Å². The summed E-state index contributed by atoms with van der Waals surface area (Å²) in [4.78, 5) is 18.6. The second-order valence-corrected chi connectivity index (χ2v) is 10.8. The van der Waals surface area contributed by atoms with E-state index in [-0.39, 0.29) is 22.7 Å². The third kappa shape index (κ3) is 4.03. The summed E-state index contributed by atoms with van der Waals surface area (Å²) in [6, 6.07) is 8.30. The molecule has 1 saturated carbocycles. The summed E-state index contributed by atoms with van der Waals surface area (Å²) in [6.45, 7) is 7.08. The van der Waals surface area contributed by atoms with Gasteiger partial charge in [0.1, 0.15) is 22.8 Å². The molecule has 0 unspecified atom stereocenters. The number of pyridine rings is 1. The highest BCUT2D eigenvalue weighted by Crippen LogP contribution is 2.60. The Morgan fingerprint density at radius 2 is 1.97 bits per heavy atom. The van der Waals surface area contributed by atoms with E-state index in [1.165, 1.54) is 6.07 Å². The summed E-state index contributed by atoms with van der Waals surface area (Å²) in [5.74, 6) is 0.323.